The Morgan fingerprint density at radius 2 is 2.56 bits per heavy atom. The van der Waals surface area contributed by atoms with Gasteiger partial charge in [-0.3, -0.25) is 4.79 Å². The van der Waals surface area contributed by atoms with Crippen LogP contribution in [-0.2, 0) is 9.53 Å². The van der Waals surface area contributed by atoms with Crippen molar-refractivity contribution in [3.8, 4) is 0 Å². The van der Waals surface area contributed by atoms with E-state index in [1.807, 2.05) is 6.92 Å². The van der Waals surface area contributed by atoms with Crippen LogP contribution in [0.25, 0.3) is 0 Å². The summed E-state index contributed by atoms with van der Waals surface area (Å²) in [6.45, 7) is 5.54. The molecule has 0 aromatic rings. The van der Waals surface area contributed by atoms with Crippen molar-refractivity contribution in [2.24, 2.45) is 5.92 Å². The predicted octanol–water partition coefficient (Wildman–Crippen LogP) is 1.47. The van der Waals surface area contributed by atoms with Crippen molar-refractivity contribution in [1.82, 2.24) is 0 Å². The minimum atomic E-state index is -0.109. The molecule has 0 N–H and O–H groups in total. The van der Waals surface area contributed by atoms with Crippen molar-refractivity contribution >= 4 is 5.97 Å². The highest BCUT2D eigenvalue weighted by Gasteiger charge is 2.27. The molecule has 2 heteroatoms. The van der Waals surface area contributed by atoms with E-state index in [1.165, 1.54) is 0 Å². The van der Waals surface area contributed by atoms with E-state index in [9.17, 15) is 4.79 Å². The molecule has 1 rings (SSSR count). The fourth-order valence-corrected chi connectivity index (χ4v) is 0.936. The molecule has 1 saturated heterocycles. The molecule has 1 aliphatic rings. The maximum Gasteiger partial charge on any atom is 0.314 e. The minimum Gasteiger partial charge on any atom is -0.431 e. The number of carbonyl (C=O) groups excluding carboxylic acids is 1. The van der Waals surface area contributed by atoms with Gasteiger partial charge in [-0.25, -0.2) is 0 Å². The first-order chi connectivity index (χ1) is 4.24. The Hall–Kier alpha value is -0.790. The molecule has 1 atom stereocenters. The van der Waals surface area contributed by atoms with Gasteiger partial charge >= 0.3 is 5.97 Å². The maximum absolute atomic E-state index is 10.7. The number of allylic oxidation sites excluding steroid dienone is 1. The quantitative estimate of drug-likeness (QED) is 0.497. The highest BCUT2D eigenvalue weighted by atomic mass is 16.5. The zero-order chi connectivity index (χ0) is 6.85. The van der Waals surface area contributed by atoms with Gasteiger partial charge in [0.05, 0.1) is 5.92 Å². The molecule has 1 aliphatic heterocycles. The second-order valence-corrected chi connectivity index (χ2v) is 2.27. The number of cyclic esters (lactones) is 1. The fraction of sp³-hybridized carbons (Fsp3) is 0.571. The van der Waals surface area contributed by atoms with Gasteiger partial charge in [-0.2, -0.15) is 0 Å². The van der Waals surface area contributed by atoms with E-state index >= 15 is 0 Å². The van der Waals surface area contributed by atoms with Gasteiger partial charge in [0.15, 0.2) is 0 Å². The van der Waals surface area contributed by atoms with Gasteiger partial charge in [0.2, 0.25) is 0 Å². The van der Waals surface area contributed by atoms with E-state index in [0.29, 0.717) is 5.76 Å². The molecular weight excluding hydrogens is 116 g/mol. The molecule has 0 saturated carbocycles. The van der Waals surface area contributed by atoms with E-state index in [-0.39, 0.29) is 11.9 Å². The lowest BCUT2D eigenvalue weighted by atomic mass is 10.1. The molecule has 1 heterocycles. The summed E-state index contributed by atoms with van der Waals surface area (Å²) in [4.78, 5) is 10.7. The maximum atomic E-state index is 10.7. The SMILES string of the molecule is C=C1CC(CC)C(=O)O1. The van der Waals surface area contributed by atoms with Crippen LogP contribution in [0.2, 0.25) is 0 Å². The van der Waals surface area contributed by atoms with Gasteiger partial charge in [0.1, 0.15) is 5.76 Å². The van der Waals surface area contributed by atoms with Crippen LogP contribution in [-0.4, -0.2) is 5.97 Å². The van der Waals surface area contributed by atoms with Gasteiger partial charge in [0, 0.05) is 6.42 Å². The van der Waals surface area contributed by atoms with Crippen LogP contribution in [0.15, 0.2) is 12.3 Å². The van der Waals surface area contributed by atoms with E-state index in [2.05, 4.69) is 6.58 Å². The lowest BCUT2D eigenvalue weighted by molar-refractivity contribution is -0.139. The normalized spacial score (nSPS) is 26.6. The lowest BCUT2D eigenvalue weighted by Crippen LogP contribution is -2.04. The van der Waals surface area contributed by atoms with Crippen molar-refractivity contribution < 1.29 is 9.53 Å². The number of ether oxygens (including phenoxy) is 1. The van der Waals surface area contributed by atoms with Crippen LogP contribution in [0.1, 0.15) is 19.8 Å². The van der Waals surface area contributed by atoms with Crippen LogP contribution in [0, 0.1) is 5.92 Å². The van der Waals surface area contributed by atoms with E-state index in [1.54, 1.807) is 0 Å². The monoisotopic (exact) mass is 126 g/mol. The van der Waals surface area contributed by atoms with Crippen molar-refractivity contribution in [1.29, 1.82) is 0 Å². The summed E-state index contributed by atoms with van der Waals surface area (Å²) in [6.07, 6.45) is 1.58. The Bertz CT molecular complexity index is 149. The number of esters is 1. The lowest BCUT2D eigenvalue weighted by Gasteiger charge is -1.94. The number of carbonyl (C=O) groups is 1. The van der Waals surface area contributed by atoms with Gasteiger partial charge in [-0.05, 0) is 6.42 Å². The number of hydrogen-bond acceptors (Lipinski definition) is 2. The Morgan fingerprint density at radius 1 is 1.89 bits per heavy atom. The third-order valence-corrected chi connectivity index (χ3v) is 1.55. The molecule has 9 heavy (non-hydrogen) atoms. The fourth-order valence-electron chi connectivity index (χ4n) is 0.936. The molecule has 50 valence electrons. The van der Waals surface area contributed by atoms with Crippen molar-refractivity contribution in [3.05, 3.63) is 12.3 Å². The zero-order valence-electron chi connectivity index (χ0n) is 5.52. The van der Waals surface area contributed by atoms with Crippen molar-refractivity contribution in [2.45, 2.75) is 19.8 Å². The molecule has 0 aromatic carbocycles. The molecule has 0 radical (unpaired) electrons. The molecule has 2 nitrogen and oxygen atoms in total. The van der Waals surface area contributed by atoms with Crippen LogP contribution in [0.5, 0.6) is 0 Å². The van der Waals surface area contributed by atoms with Gasteiger partial charge in [0.25, 0.3) is 0 Å². The summed E-state index contributed by atoms with van der Waals surface area (Å²) in [5.41, 5.74) is 0. The Labute approximate surface area is 54.5 Å². The van der Waals surface area contributed by atoms with Gasteiger partial charge < -0.3 is 4.74 Å². The second kappa shape index (κ2) is 2.21. The average molecular weight is 126 g/mol. The molecule has 1 fully saturated rings. The Kier molecular flexibility index (Phi) is 1.56. The average Bonchev–Trinajstić information content (AvgIpc) is 2.10. The third-order valence-electron chi connectivity index (χ3n) is 1.55. The first-order valence-electron chi connectivity index (χ1n) is 3.13. The largest absolute Gasteiger partial charge is 0.431 e. The molecule has 1 unspecified atom stereocenters. The summed E-state index contributed by atoms with van der Waals surface area (Å²) < 4.78 is 4.73. The van der Waals surface area contributed by atoms with Crippen molar-refractivity contribution in [2.75, 3.05) is 0 Å². The molecule has 0 bridgehead atoms. The Balaban J connectivity index is 2.58. The van der Waals surface area contributed by atoms with Gasteiger partial charge in [-0.15, -0.1) is 0 Å². The summed E-state index contributed by atoms with van der Waals surface area (Å²) in [5, 5.41) is 0. The summed E-state index contributed by atoms with van der Waals surface area (Å²) >= 11 is 0. The summed E-state index contributed by atoms with van der Waals surface area (Å²) in [6, 6.07) is 0. The Morgan fingerprint density at radius 3 is 2.78 bits per heavy atom. The van der Waals surface area contributed by atoms with E-state index in [4.69, 9.17) is 4.74 Å². The smallest absolute Gasteiger partial charge is 0.314 e. The summed E-state index contributed by atoms with van der Waals surface area (Å²) in [7, 11) is 0. The highest BCUT2D eigenvalue weighted by Crippen LogP contribution is 2.24. The molecular formula is C7H10O2. The van der Waals surface area contributed by atoms with Gasteiger partial charge in [-0.1, -0.05) is 13.5 Å². The van der Waals surface area contributed by atoms with Crippen LogP contribution >= 0.6 is 0 Å². The van der Waals surface area contributed by atoms with Crippen LogP contribution in [0.4, 0.5) is 0 Å². The molecule has 0 aromatic heterocycles. The third kappa shape index (κ3) is 1.12. The standard InChI is InChI=1S/C7H10O2/c1-3-6-4-5(2)9-7(6)8/h6H,2-4H2,1H3. The van der Waals surface area contributed by atoms with Crippen LogP contribution < -0.4 is 0 Å². The topological polar surface area (TPSA) is 26.3 Å². The molecule has 0 amide bonds. The summed E-state index contributed by atoms with van der Waals surface area (Å²) in [5.74, 6) is 0.590. The first kappa shape index (κ1) is 6.33. The van der Waals surface area contributed by atoms with E-state index < -0.39 is 0 Å². The highest BCUT2D eigenvalue weighted by molar-refractivity contribution is 5.76. The predicted molar refractivity (Wildman–Crippen MR) is 33.6 cm³/mol. The first-order valence-corrected chi connectivity index (χ1v) is 3.13. The number of rotatable bonds is 1. The van der Waals surface area contributed by atoms with Crippen LogP contribution in [0.3, 0.4) is 0 Å². The second-order valence-electron chi connectivity index (χ2n) is 2.27. The minimum absolute atomic E-state index is 0.0810. The number of hydrogen-bond donors (Lipinski definition) is 0. The van der Waals surface area contributed by atoms with E-state index in [0.717, 1.165) is 12.8 Å². The molecule has 0 aliphatic carbocycles. The zero-order valence-corrected chi connectivity index (χ0v) is 5.52. The van der Waals surface area contributed by atoms with Crippen molar-refractivity contribution in [3.63, 3.8) is 0 Å². The molecule has 0 spiro atoms.